The van der Waals surface area contributed by atoms with Crippen molar-refractivity contribution in [2.24, 2.45) is 0 Å². The van der Waals surface area contributed by atoms with Gasteiger partial charge >= 0.3 is 0 Å². The van der Waals surface area contributed by atoms with Gasteiger partial charge in [-0.1, -0.05) is 11.8 Å². The van der Waals surface area contributed by atoms with Crippen molar-refractivity contribution in [2.75, 3.05) is 0 Å². The molecule has 1 N–H and O–H groups in total. The fourth-order valence-electron chi connectivity index (χ4n) is 1.96. The number of nitrogens with zero attached hydrogens (tertiary/aromatic N) is 5. The zero-order valence-corrected chi connectivity index (χ0v) is 12.0. The van der Waals surface area contributed by atoms with Crippen molar-refractivity contribution < 1.29 is 13.9 Å². The molecule has 0 unspecified atom stereocenters. The summed E-state index contributed by atoms with van der Waals surface area (Å²) in [5.41, 5.74) is 1.05. The number of hydrogen-bond acceptors (Lipinski definition) is 5. The number of aliphatic hydroxyl groups is 1. The Bertz CT molecular complexity index is 755. The molecule has 1 aromatic carbocycles. The monoisotopic (exact) mass is 323 g/mol. The van der Waals surface area contributed by atoms with Gasteiger partial charge in [-0.25, -0.2) is 23.1 Å². The highest BCUT2D eigenvalue weighted by atomic mass is 32.2. The summed E-state index contributed by atoms with van der Waals surface area (Å²) in [6, 6.07) is 3.38. The summed E-state index contributed by atoms with van der Waals surface area (Å²) < 4.78 is 29.6. The summed E-state index contributed by atoms with van der Waals surface area (Å²) in [6.07, 6.45) is 4.45. The Morgan fingerprint density at radius 2 is 1.77 bits per heavy atom. The quantitative estimate of drug-likeness (QED) is 0.726. The van der Waals surface area contributed by atoms with Crippen LogP contribution in [0.4, 0.5) is 8.78 Å². The molecule has 2 heterocycles. The molecule has 0 spiro atoms. The third kappa shape index (κ3) is 3.00. The van der Waals surface area contributed by atoms with Crippen LogP contribution in [0.1, 0.15) is 11.3 Å². The molecule has 0 atom stereocenters. The number of benzene rings is 1. The van der Waals surface area contributed by atoms with Gasteiger partial charge < -0.3 is 5.11 Å². The molecule has 3 rings (SSSR count). The Morgan fingerprint density at radius 3 is 2.41 bits per heavy atom. The maximum Gasteiger partial charge on any atom is 0.188 e. The van der Waals surface area contributed by atoms with Crippen molar-refractivity contribution in [3.63, 3.8) is 0 Å². The second-order valence-electron chi connectivity index (χ2n) is 4.41. The Hall–Kier alpha value is -2.26. The molecule has 22 heavy (non-hydrogen) atoms. The van der Waals surface area contributed by atoms with E-state index in [9.17, 15) is 13.9 Å². The lowest BCUT2D eigenvalue weighted by Gasteiger charge is -2.10. The average molecular weight is 323 g/mol. The average Bonchev–Trinajstić information content (AvgIpc) is 3.12. The van der Waals surface area contributed by atoms with Gasteiger partial charge in [-0.05, 0) is 17.7 Å². The first-order valence-corrected chi connectivity index (χ1v) is 7.26. The van der Waals surface area contributed by atoms with Gasteiger partial charge in [-0.15, -0.1) is 10.2 Å². The lowest BCUT2D eigenvalue weighted by atomic mass is 10.2. The lowest BCUT2D eigenvalue weighted by molar-refractivity contribution is 0.266. The number of aromatic nitrogens is 5. The minimum absolute atomic E-state index is 0.208. The summed E-state index contributed by atoms with van der Waals surface area (Å²) in [5.74, 6) is -0.902. The van der Waals surface area contributed by atoms with Crippen LogP contribution in [-0.2, 0) is 12.4 Å². The van der Waals surface area contributed by atoms with Crippen LogP contribution in [0.5, 0.6) is 0 Å². The van der Waals surface area contributed by atoms with E-state index in [-0.39, 0.29) is 6.61 Å². The molecule has 0 saturated heterocycles. The predicted octanol–water partition coefficient (Wildman–Crippen LogP) is 1.85. The second-order valence-corrected chi connectivity index (χ2v) is 5.35. The highest BCUT2D eigenvalue weighted by molar-refractivity contribution is 7.98. The molecule has 9 heteroatoms. The first-order chi connectivity index (χ1) is 10.7. The van der Waals surface area contributed by atoms with Crippen LogP contribution in [0, 0.1) is 11.6 Å². The normalized spacial score (nSPS) is 11.0. The van der Waals surface area contributed by atoms with Gasteiger partial charge in [-0.2, -0.15) is 0 Å². The molecule has 3 aromatic rings. The van der Waals surface area contributed by atoms with E-state index in [2.05, 4.69) is 15.2 Å². The van der Waals surface area contributed by atoms with Crippen molar-refractivity contribution in [3.05, 3.63) is 59.9 Å². The molecular weight excluding hydrogens is 312 g/mol. The standard InChI is InChI=1S/C13H11F2N5OS/c14-10-1-9(2-11(15)3-10)6-22-13-16-4-12(5-21)20(13)19-7-17-18-8-19/h1-4,7-8,21H,5-6H2. The molecular formula is C13H11F2N5OS. The Labute approximate surface area is 128 Å². The van der Waals surface area contributed by atoms with Gasteiger partial charge in [0.25, 0.3) is 0 Å². The van der Waals surface area contributed by atoms with Crippen LogP contribution in [0.3, 0.4) is 0 Å². The molecule has 0 amide bonds. The molecule has 0 aliphatic heterocycles. The SMILES string of the molecule is OCc1cnc(SCc2cc(F)cc(F)c2)n1-n1cnnc1. The molecule has 2 aromatic heterocycles. The minimum atomic E-state index is -0.617. The van der Waals surface area contributed by atoms with Crippen molar-refractivity contribution in [3.8, 4) is 0 Å². The van der Waals surface area contributed by atoms with Crippen LogP contribution in [0.25, 0.3) is 0 Å². The fraction of sp³-hybridized carbons (Fsp3) is 0.154. The van der Waals surface area contributed by atoms with E-state index in [1.807, 2.05) is 0 Å². The van der Waals surface area contributed by atoms with Crippen LogP contribution in [-0.4, -0.2) is 29.6 Å². The summed E-state index contributed by atoms with van der Waals surface area (Å²) in [4.78, 5) is 4.20. The van der Waals surface area contributed by atoms with Crippen LogP contribution < -0.4 is 0 Å². The number of imidazole rings is 1. The lowest BCUT2D eigenvalue weighted by Crippen LogP contribution is -2.12. The molecule has 0 bridgehead atoms. The minimum Gasteiger partial charge on any atom is -0.390 e. The topological polar surface area (TPSA) is 68.8 Å². The third-order valence-electron chi connectivity index (χ3n) is 2.87. The highest BCUT2D eigenvalue weighted by Crippen LogP contribution is 2.24. The van der Waals surface area contributed by atoms with Crippen LogP contribution in [0.15, 0.2) is 42.2 Å². The number of rotatable bonds is 5. The molecule has 114 valence electrons. The maximum atomic E-state index is 13.2. The molecule has 0 radical (unpaired) electrons. The summed E-state index contributed by atoms with van der Waals surface area (Å²) in [6.45, 7) is -0.208. The van der Waals surface area contributed by atoms with Gasteiger partial charge in [0.1, 0.15) is 24.3 Å². The van der Waals surface area contributed by atoms with E-state index in [0.29, 0.717) is 22.2 Å². The van der Waals surface area contributed by atoms with E-state index >= 15 is 0 Å². The molecule has 0 aliphatic rings. The fourth-order valence-corrected chi connectivity index (χ4v) is 2.88. The number of aliphatic hydroxyl groups excluding tert-OH is 1. The Kier molecular flexibility index (Phi) is 4.16. The zero-order valence-electron chi connectivity index (χ0n) is 11.2. The molecule has 6 nitrogen and oxygen atoms in total. The third-order valence-corrected chi connectivity index (χ3v) is 3.88. The van der Waals surface area contributed by atoms with E-state index in [0.717, 1.165) is 6.07 Å². The van der Waals surface area contributed by atoms with Crippen molar-refractivity contribution in [2.45, 2.75) is 17.5 Å². The van der Waals surface area contributed by atoms with Crippen LogP contribution in [0.2, 0.25) is 0 Å². The largest absolute Gasteiger partial charge is 0.390 e. The molecule has 0 aliphatic carbocycles. The second kappa shape index (κ2) is 6.24. The summed E-state index contributed by atoms with van der Waals surface area (Å²) in [7, 11) is 0. The van der Waals surface area contributed by atoms with Gasteiger partial charge in [-0.3, -0.25) is 0 Å². The maximum absolute atomic E-state index is 13.2. The van der Waals surface area contributed by atoms with Gasteiger partial charge in [0, 0.05) is 11.8 Å². The zero-order chi connectivity index (χ0) is 15.5. The molecule has 0 fully saturated rings. The predicted molar refractivity (Wildman–Crippen MR) is 74.9 cm³/mol. The van der Waals surface area contributed by atoms with E-state index in [4.69, 9.17) is 0 Å². The van der Waals surface area contributed by atoms with Crippen molar-refractivity contribution in [1.82, 2.24) is 24.5 Å². The number of hydrogen-bond donors (Lipinski definition) is 1. The van der Waals surface area contributed by atoms with Gasteiger partial charge in [0.05, 0.1) is 18.5 Å². The number of thioether (sulfide) groups is 1. The smallest absolute Gasteiger partial charge is 0.188 e. The first-order valence-electron chi connectivity index (χ1n) is 6.28. The van der Waals surface area contributed by atoms with Crippen molar-refractivity contribution in [1.29, 1.82) is 0 Å². The van der Waals surface area contributed by atoms with E-state index in [1.54, 1.807) is 9.35 Å². The first kappa shape index (κ1) is 14.7. The van der Waals surface area contributed by atoms with E-state index in [1.165, 1.54) is 42.7 Å². The number of halogens is 2. The van der Waals surface area contributed by atoms with Crippen molar-refractivity contribution >= 4 is 11.8 Å². The summed E-state index contributed by atoms with van der Waals surface area (Å²) >= 11 is 1.28. The van der Waals surface area contributed by atoms with Gasteiger partial charge in [0.15, 0.2) is 5.16 Å². The van der Waals surface area contributed by atoms with Crippen LogP contribution >= 0.6 is 11.8 Å². The summed E-state index contributed by atoms with van der Waals surface area (Å²) in [5, 5.41) is 17.3. The van der Waals surface area contributed by atoms with E-state index < -0.39 is 11.6 Å². The molecule has 0 saturated carbocycles. The Morgan fingerprint density at radius 1 is 1.09 bits per heavy atom. The highest BCUT2D eigenvalue weighted by Gasteiger charge is 2.12. The Balaban J connectivity index is 1.85. The van der Waals surface area contributed by atoms with Gasteiger partial charge in [0.2, 0.25) is 0 Å².